The van der Waals surface area contributed by atoms with E-state index >= 15 is 0 Å². The lowest BCUT2D eigenvalue weighted by Crippen LogP contribution is -2.49. The van der Waals surface area contributed by atoms with Gasteiger partial charge in [0.2, 0.25) is 0 Å². The third kappa shape index (κ3) is 3.21. The first kappa shape index (κ1) is 17.0. The molecule has 1 aliphatic rings. The Morgan fingerprint density at radius 3 is 2.48 bits per heavy atom. The molecule has 0 fully saturated rings. The van der Waals surface area contributed by atoms with Gasteiger partial charge in [-0.25, -0.2) is 9.78 Å². The molecular weight excluding hydrogens is 342 g/mol. The van der Waals surface area contributed by atoms with Crippen molar-refractivity contribution < 1.29 is 14.3 Å². The van der Waals surface area contributed by atoms with Gasteiger partial charge in [0.15, 0.2) is 0 Å². The molecule has 1 aliphatic heterocycles. The average Bonchev–Trinajstić information content (AvgIpc) is 3.20. The molecule has 1 amide bonds. The molecule has 6 nitrogen and oxygen atoms in total. The van der Waals surface area contributed by atoms with Gasteiger partial charge in [-0.05, 0) is 23.3 Å². The van der Waals surface area contributed by atoms with Gasteiger partial charge < -0.3 is 14.6 Å². The Balaban J connectivity index is 1.61. The van der Waals surface area contributed by atoms with Crippen molar-refractivity contribution in [2.24, 2.45) is 0 Å². The number of ether oxygens (including phenoxy) is 1. The fourth-order valence-electron chi connectivity index (χ4n) is 3.40. The smallest absolute Gasteiger partial charge is 0.329 e. The van der Waals surface area contributed by atoms with Gasteiger partial charge in [0, 0.05) is 12.0 Å². The van der Waals surface area contributed by atoms with Gasteiger partial charge in [-0.2, -0.15) is 0 Å². The van der Waals surface area contributed by atoms with Crippen LogP contribution in [0.15, 0.2) is 60.9 Å². The van der Waals surface area contributed by atoms with Gasteiger partial charge in [0.25, 0.3) is 5.91 Å². The standard InChI is InChI=1S/C21H19N3O3/c1-27-21(26)19-11-17-18(23-13-22-17)12-24(19)20(25)16-9-7-15(8-10-16)14-5-3-2-4-6-14/h2-10,13,19H,11-12H2,1H3,(H,22,23)/t19-/m0/s1. The first-order valence-corrected chi connectivity index (χ1v) is 8.73. The summed E-state index contributed by atoms with van der Waals surface area (Å²) in [6.07, 6.45) is 1.93. The molecular formula is C21H19N3O3. The van der Waals surface area contributed by atoms with Gasteiger partial charge in [-0.15, -0.1) is 0 Å². The number of esters is 1. The number of fused-ring (bicyclic) bond motifs is 1. The molecule has 0 unspecified atom stereocenters. The number of carbonyl (C=O) groups is 2. The Kier molecular flexibility index (Phi) is 4.46. The van der Waals surface area contributed by atoms with E-state index in [0.29, 0.717) is 18.5 Å². The summed E-state index contributed by atoms with van der Waals surface area (Å²) in [5.74, 6) is -0.636. The Labute approximate surface area is 156 Å². The van der Waals surface area contributed by atoms with Crippen LogP contribution in [0.3, 0.4) is 0 Å². The van der Waals surface area contributed by atoms with E-state index in [2.05, 4.69) is 9.97 Å². The molecule has 1 N–H and O–H groups in total. The van der Waals surface area contributed by atoms with Crippen LogP contribution in [0.2, 0.25) is 0 Å². The molecule has 1 aromatic heterocycles. The van der Waals surface area contributed by atoms with Crippen LogP contribution in [0.5, 0.6) is 0 Å². The van der Waals surface area contributed by atoms with Crippen LogP contribution in [0, 0.1) is 0 Å². The van der Waals surface area contributed by atoms with Gasteiger partial charge >= 0.3 is 5.97 Å². The summed E-state index contributed by atoms with van der Waals surface area (Å²) < 4.78 is 4.90. The molecule has 0 saturated heterocycles. The van der Waals surface area contributed by atoms with Crippen molar-refractivity contribution >= 4 is 11.9 Å². The van der Waals surface area contributed by atoms with Gasteiger partial charge in [-0.1, -0.05) is 42.5 Å². The van der Waals surface area contributed by atoms with E-state index in [1.165, 1.54) is 7.11 Å². The molecule has 0 spiro atoms. The van der Waals surface area contributed by atoms with Gasteiger partial charge in [0.05, 0.1) is 31.4 Å². The summed E-state index contributed by atoms with van der Waals surface area (Å²) in [6.45, 7) is 0.300. The van der Waals surface area contributed by atoms with Crippen LogP contribution >= 0.6 is 0 Å². The van der Waals surface area contributed by atoms with Crippen LogP contribution in [0.1, 0.15) is 21.7 Å². The second-order valence-corrected chi connectivity index (χ2v) is 6.45. The summed E-state index contributed by atoms with van der Waals surface area (Å²) >= 11 is 0. The minimum Gasteiger partial charge on any atom is -0.467 e. The molecule has 27 heavy (non-hydrogen) atoms. The highest BCUT2D eigenvalue weighted by Gasteiger charge is 2.37. The summed E-state index contributed by atoms with van der Waals surface area (Å²) in [5.41, 5.74) is 4.31. The summed E-state index contributed by atoms with van der Waals surface area (Å²) in [6, 6.07) is 16.7. The molecule has 4 rings (SSSR count). The number of nitrogens with zero attached hydrogens (tertiary/aromatic N) is 2. The number of carbonyl (C=O) groups excluding carboxylic acids is 2. The van der Waals surface area contributed by atoms with Crippen LogP contribution in [0.25, 0.3) is 11.1 Å². The van der Waals surface area contributed by atoms with E-state index < -0.39 is 12.0 Å². The Morgan fingerprint density at radius 1 is 1.07 bits per heavy atom. The van der Waals surface area contributed by atoms with Crippen molar-refractivity contribution in [3.63, 3.8) is 0 Å². The zero-order chi connectivity index (χ0) is 18.8. The summed E-state index contributed by atoms with van der Waals surface area (Å²) in [7, 11) is 1.33. The van der Waals surface area contributed by atoms with E-state index in [4.69, 9.17) is 4.74 Å². The number of rotatable bonds is 3. The number of hydrogen-bond donors (Lipinski definition) is 1. The molecule has 2 aromatic carbocycles. The predicted octanol–water partition coefficient (Wildman–Crippen LogP) is 2.82. The lowest BCUT2D eigenvalue weighted by atomic mass is 10.00. The zero-order valence-electron chi connectivity index (χ0n) is 14.9. The van der Waals surface area contributed by atoms with Crippen molar-refractivity contribution in [1.29, 1.82) is 0 Å². The van der Waals surface area contributed by atoms with Crippen LogP contribution < -0.4 is 0 Å². The van der Waals surface area contributed by atoms with E-state index in [0.717, 1.165) is 22.5 Å². The topological polar surface area (TPSA) is 75.3 Å². The summed E-state index contributed by atoms with van der Waals surface area (Å²) in [4.78, 5) is 34.1. The van der Waals surface area contributed by atoms with Crippen molar-refractivity contribution in [3.05, 3.63) is 77.9 Å². The van der Waals surface area contributed by atoms with Crippen molar-refractivity contribution in [1.82, 2.24) is 14.9 Å². The Bertz CT molecular complexity index is 964. The highest BCUT2D eigenvalue weighted by Crippen LogP contribution is 2.25. The number of aromatic amines is 1. The second kappa shape index (κ2) is 7.07. The molecule has 1 atom stereocenters. The fraction of sp³-hybridized carbons (Fsp3) is 0.190. The van der Waals surface area contributed by atoms with Crippen LogP contribution in [0.4, 0.5) is 0 Å². The first-order valence-electron chi connectivity index (χ1n) is 8.73. The number of benzene rings is 2. The number of hydrogen-bond acceptors (Lipinski definition) is 4. The highest BCUT2D eigenvalue weighted by molar-refractivity contribution is 5.97. The molecule has 2 heterocycles. The maximum Gasteiger partial charge on any atom is 0.329 e. The first-order chi connectivity index (χ1) is 13.2. The lowest BCUT2D eigenvalue weighted by molar-refractivity contribution is -0.146. The van der Waals surface area contributed by atoms with E-state index in [1.807, 2.05) is 42.5 Å². The molecule has 0 bridgehead atoms. The quantitative estimate of drug-likeness (QED) is 0.728. The average molecular weight is 361 g/mol. The van der Waals surface area contributed by atoms with Crippen LogP contribution in [-0.4, -0.2) is 39.9 Å². The minimum absolute atomic E-state index is 0.203. The van der Waals surface area contributed by atoms with E-state index in [1.54, 1.807) is 23.4 Å². The highest BCUT2D eigenvalue weighted by atomic mass is 16.5. The van der Waals surface area contributed by atoms with Crippen molar-refractivity contribution in [2.45, 2.75) is 19.0 Å². The Hall–Kier alpha value is -3.41. The molecule has 136 valence electrons. The molecule has 6 heteroatoms. The number of nitrogens with one attached hydrogen (secondary N) is 1. The third-order valence-corrected chi connectivity index (χ3v) is 4.87. The maximum atomic E-state index is 13.1. The van der Waals surface area contributed by atoms with Crippen molar-refractivity contribution in [2.75, 3.05) is 7.11 Å². The number of aromatic nitrogens is 2. The second-order valence-electron chi connectivity index (χ2n) is 6.45. The predicted molar refractivity (Wildman–Crippen MR) is 99.8 cm³/mol. The third-order valence-electron chi connectivity index (χ3n) is 4.87. The number of methoxy groups -OCH3 is 1. The molecule has 0 radical (unpaired) electrons. The van der Waals surface area contributed by atoms with E-state index in [9.17, 15) is 9.59 Å². The molecule has 0 aliphatic carbocycles. The summed E-state index contributed by atoms with van der Waals surface area (Å²) in [5, 5.41) is 0. The number of amides is 1. The normalized spacial score (nSPS) is 15.9. The number of imidazole rings is 1. The molecule has 0 saturated carbocycles. The van der Waals surface area contributed by atoms with Gasteiger partial charge in [0.1, 0.15) is 6.04 Å². The van der Waals surface area contributed by atoms with Crippen LogP contribution in [-0.2, 0) is 22.5 Å². The minimum atomic E-state index is -0.674. The zero-order valence-corrected chi connectivity index (χ0v) is 14.9. The SMILES string of the molecule is COC(=O)[C@@H]1Cc2nc[nH]c2CN1C(=O)c1ccc(-c2ccccc2)cc1. The number of H-pyrrole nitrogens is 1. The van der Waals surface area contributed by atoms with E-state index in [-0.39, 0.29) is 5.91 Å². The van der Waals surface area contributed by atoms with Gasteiger partial charge in [-0.3, -0.25) is 4.79 Å². The lowest BCUT2D eigenvalue weighted by Gasteiger charge is -2.33. The fourth-order valence-corrected chi connectivity index (χ4v) is 3.40. The maximum absolute atomic E-state index is 13.1. The largest absolute Gasteiger partial charge is 0.467 e. The molecule has 3 aromatic rings. The van der Waals surface area contributed by atoms with Crippen molar-refractivity contribution in [3.8, 4) is 11.1 Å². The Morgan fingerprint density at radius 2 is 1.78 bits per heavy atom. The monoisotopic (exact) mass is 361 g/mol.